The van der Waals surface area contributed by atoms with Crippen LogP contribution in [0.4, 0.5) is 4.79 Å². The lowest BCUT2D eigenvalue weighted by atomic mass is 10.1. The summed E-state index contributed by atoms with van der Waals surface area (Å²) >= 11 is 6.48. The zero-order valence-electron chi connectivity index (χ0n) is 17.5. The molecule has 1 atom stereocenters. The molecule has 0 unspecified atom stereocenters. The Balaban J connectivity index is 1.72. The highest BCUT2D eigenvalue weighted by atomic mass is 35.5. The molecule has 4 N–H and O–H groups in total. The molecule has 4 rings (SSSR count). The summed E-state index contributed by atoms with van der Waals surface area (Å²) in [4.78, 5) is 35.8. The van der Waals surface area contributed by atoms with Gasteiger partial charge in [-0.05, 0) is 24.1 Å². The lowest BCUT2D eigenvalue weighted by Crippen LogP contribution is -2.38. The SMILES string of the molecule is CN(C)C(=O)N[C@@H](Cc1ccccc1)c1nc(-c2ccc3[nH]c(=O)cc(O)c3c2)c(Cl)[nH]1. The molecular formula is C23H22ClN5O3. The van der Waals surface area contributed by atoms with Gasteiger partial charge in [-0.1, -0.05) is 48.0 Å². The van der Waals surface area contributed by atoms with Gasteiger partial charge >= 0.3 is 6.03 Å². The van der Waals surface area contributed by atoms with Crippen LogP contribution in [0.2, 0.25) is 5.15 Å². The number of aromatic amines is 2. The van der Waals surface area contributed by atoms with Crippen molar-refractivity contribution in [2.45, 2.75) is 12.5 Å². The monoisotopic (exact) mass is 451 g/mol. The van der Waals surface area contributed by atoms with Gasteiger partial charge in [-0.3, -0.25) is 4.79 Å². The maximum absolute atomic E-state index is 12.4. The smallest absolute Gasteiger partial charge is 0.317 e. The highest BCUT2D eigenvalue weighted by Gasteiger charge is 2.22. The Morgan fingerprint density at radius 3 is 2.62 bits per heavy atom. The normalized spacial score (nSPS) is 12.0. The average Bonchev–Trinajstić information content (AvgIpc) is 3.15. The van der Waals surface area contributed by atoms with Gasteiger partial charge in [0.15, 0.2) is 0 Å². The van der Waals surface area contributed by atoms with Crippen LogP contribution in [0.25, 0.3) is 22.2 Å². The average molecular weight is 452 g/mol. The standard InChI is InChI=1S/C23H22ClN5O3/c1-29(2)23(32)26-17(10-13-6-4-3-5-7-13)22-27-20(21(24)28-22)14-8-9-16-15(11-14)18(30)12-19(31)25-16/h3-9,11-12,17H,10H2,1-2H3,(H,26,32)(H,27,28)(H2,25,30,31)/t17-/m0/s1. The van der Waals surface area contributed by atoms with Gasteiger partial charge in [-0.25, -0.2) is 9.78 Å². The van der Waals surface area contributed by atoms with Crippen molar-refractivity contribution >= 4 is 28.5 Å². The van der Waals surface area contributed by atoms with Crippen LogP contribution >= 0.6 is 11.6 Å². The Kier molecular flexibility index (Phi) is 5.87. The Labute approximate surface area is 188 Å². The van der Waals surface area contributed by atoms with Crippen LogP contribution in [0, 0.1) is 0 Å². The second-order valence-electron chi connectivity index (χ2n) is 7.65. The minimum atomic E-state index is -0.441. The molecule has 32 heavy (non-hydrogen) atoms. The van der Waals surface area contributed by atoms with Crippen molar-refractivity contribution in [3.05, 3.63) is 81.5 Å². The number of carbonyl (C=O) groups is 1. The molecule has 0 aliphatic carbocycles. The molecule has 2 aromatic carbocycles. The van der Waals surface area contributed by atoms with E-state index in [1.54, 1.807) is 32.3 Å². The van der Waals surface area contributed by atoms with Gasteiger partial charge in [0, 0.05) is 31.1 Å². The van der Waals surface area contributed by atoms with Crippen LogP contribution in [0.3, 0.4) is 0 Å². The first-order valence-corrected chi connectivity index (χ1v) is 10.3. The van der Waals surface area contributed by atoms with E-state index in [0.29, 0.717) is 39.6 Å². The maximum Gasteiger partial charge on any atom is 0.317 e. The lowest BCUT2D eigenvalue weighted by Gasteiger charge is -2.20. The third-order valence-electron chi connectivity index (χ3n) is 5.09. The number of carbonyl (C=O) groups excluding carboxylic acids is 1. The molecule has 0 saturated carbocycles. The number of hydrogen-bond acceptors (Lipinski definition) is 4. The van der Waals surface area contributed by atoms with Crippen molar-refractivity contribution in [1.29, 1.82) is 0 Å². The Morgan fingerprint density at radius 2 is 1.91 bits per heavy atom. The molecule has 4 aromatic rings. The first-order chi connectivity index (χ1) is 15.3. The Morgan fingerprint density at radius 1 is 1.16 bits per heavy atom. The van der Waals surface area contributed by atoms with Crippen molar-refractivity contribution in [2.24, 2.45) is 0 Å². The van der Waals surface area contributed by atoms with Gasteiger partial charge in [0.1, 0.15) is 22.4 Å². The van der Waals surface area contributed by atoms with E-state index >= 15 is 0 Å². The molecule has 9 heteroatoms. The van der Waals surface area contributed by atoms with E-state index in [9.17, 15) is 14.7 Å². The third-order valence-corrected chi connectivity index (χ3v) is 5.36. The van der Waals surface area contributed by atoms with E-state index in [2.05, 4.69) is 20.3 Å². The number of imidazole rings is 1. The number of nitrogens with one attached hydrogen (secondary N) is 3. The number of benzene rings is 2. The predicted molar refractivity (Wildman–Crippen MR) is 124 cm³/mol. The summed E-state index contributed by atoms with van der Waals surface area (Å²) in [5.74, 6) is 0.382. The third kappa shape index (κ3) is 4.45. The van der Waals surface area contributed by atoms with Crippen LogP contribution in [0.1, 0.15) is 17.4 Å². The Bertz CT molecular complexity index is 1330. The number of nitrogens with zero attached hydrogens (tertiary/aromatic N) is 2. The number of amides is 2. The van der Waals surface area contributed by atoms with Crippen LogP contribution < -0.4 is 10.9 Å². The van der Waals surface area contributed by atoms with Gasteiger partial charge in [-0.15, -0.1) is 0 Å². The number of aromatic nitrogens is 3. The number of rotatable bonds is 5. The molecular weight excluding hydrogens is 430 g/mol. The minimum Gasteiger partial charge on any atom is -0.507 e. The van der Waals surface area contributed by atoms with Crippen molar-refractivity contribution in [3.63, 3.8) is 0 Å². The van der Waals surface area contributed by atoms with E-state index in [0.717, 1.165) is 11.6 Å². The summed E-state index contributed by atoms with van der Waals surface area (Å²) in [5.41, 5.74) is 2.29. The zero-order valence-corrected chi connectivity index (χ0v) is 18.3. The van der Waals surface area contributed by atoms with Gasteiger partial charge in [0.25, 0.3) is 5.56 Å². The highest BCUT2D eigenvalue weighted by Crippen LogP contribution is 2.32. The second-order valence-corrected chi connectivity index (χ2v) is 8.03. The van der Waals surface area contributed by atoms with Gasteiger partial charge in [0.05, 0.1) is 11.6 Å². The topological polar surface area (TPSA) is 114 Å². The number of halogens is 1. The van der Waals surface area contributed by atoms with Crippen LogP contribution in [0.15, 0.2) is 59.4 Å². The second kappa shape index (κ2) is 8.76. The molecule has 8 nitrogen and oxygen atoms in total. The number of H-pyrrole nitrogens is 2. The molecule has 0 fully saturated rings. The summed E-state index contributed by atoms with van der Waals surface area (Å²) in [5, 5.41) is 13.9. The van der Waals surface area contributed by atoms with Crippen LogP contribution in [0.5, 0.6) is 5.75 Å². The number of urea groups is 1. The molecule has 0 radical (unpaired) electrons. The molecule has 0 bridgehead atoms. The molecule has 0 aliphatic heterocycles. The number of pyridine rings is 1. The zero-order chi connectivity index (χ0) is 22.8. The summed E-state index contributed by atoms with van der Waals surface area (Å²) < 4.78 is 0. The van der Waals surface area contributed by atoms with E-state index in [-0.39, 0.29) is 17.3 Å². The largest absolute Gasteiger partial charge is 0.507 e. The molecule has 2 aromatic heterocycles. The summed E-state index contributed by atoms with van der Waals surface area (Å²) in [6.45, 7) is 0. The van der Waals surface area contributed by atoms with E-state index < -0.39 is 6.04 Å². The number of aromatic hydroxyl groups is 1. The number of hydrogen-bond donors (Lipinski definition) is 4. The minimum absolute atomic E-state index is 0.127. The molecule has 0 saturated heterocycles. The fourth-order valence-electron chi connectivity index (χ4n) is 3.45. The Hall–Kier alpha value is -3.78. The lowest BCUT2D eigenvalue weighted by molar-refractivity contribution is 0.212. The quantitative estimate of drug-likeness (QED) is 0.369. The van der Waals surface area contributed by atoms with E-state index in [1.807, 2.05) is 30.3 Å². The summed E-state index contributed by atoms with van der Waals surface area (Å²) in [6.07, 6.45) is 0.517. The summed E-state index contributed by atoms with van der Waals surface area (Å²) in [6, 6.07) is 15.3. The molecule has 164 valence electrons. The van der Waals surface area contributed by atoms with Crippen LogP contribution in [-0.2, 0) is 6.42 Å². The fraction of sp³-hybridized carbons (Fsp3) is 0.174. The van der Waals surface area contributed by atoms with Crippen molar-refractivity contribution < 1.29 is 9.90 Å². The molecule has 0 aliphatic rings. The van der Waals surface area contributed by atoms with Crippen molar-refractivity contribution in [1.82, 2.24) is 25.2 Å². The van der Waals surface area contributed by atoms with Crippen molar-refractivity contribution in [3.8, 4) is 17.0 Å². The predicted octanol–water partition coefficient (Wildman–Crippen LogP) is 3.83. The molecule has 2 amide bonds. The van der Waals surface area contributed by atoms with Gasteiger partial charge in [0.2, 0.25) is 0 Å². The molecule has 0 spiro atoms. The van der Waals surface area contributed by atoms with Crippen LogP contribution in [-0.4, -0.2) is 45.1 Å². The van der Waals surface area contributed by atoms with Gasteiger partial charge < -0.3 is 25.3 Å². The first-order valence-electron chi connectivity index (χ1n) is 9.95. The summed E-state index contributed by atoms with van der Waals surface area (Å²) in [7, 11) is 3.34. The first kappa shape index (κ1) is 21.5. The highest BCUT2D eigenvalue weighted by molar-refractivity contribution is 6.32. The van der Waals surface area contributed by atoms with Gasteiger partial charge in [-0.2, -0.15) is 0 Å². The molecule has 2 heterocycles. The number of fused-ring (bicyclic) bond motifs is 1. The van der Waals surface area contributed by atoms with E-state index in [4.69, 9.17) is 11.6 Å². The van der Waals surface area contributed by atoms with Crippen molar-refractivity contribution in [2.75, 3.05) is 14.1 Å². The maximum atomic E-state index is 12.4. The van der Waals surface area contributed by atoms with E-state index in [1.165, 1.54) is 4.90 Å². The fourth-order valence-corrected chi connectivity index (χ4v) is 3.70.